The molecular formula is C9H11NO3. The highest BCUT2D eigenvalue weighted by atomic mass is 16.5. The van der Waals surface area contributed by atoms with Crippen molar-refractivity contribution in [2.24, 2.45) is 11.8 Å². The average Bonchev–Trinajstić information content (AvgIpc) is 2.48. The molecule has 0 amide bonds. The SMILES string of the molecule is COC(=O)C1CCC(CC#N)C1=O. The van der Waals surface area contributed by atoms with Crippen molar-refractivity contribution in [3.05, 3.63) is 0 Å². The highest BCUT2D eigenvalue weighted by Gasteiger charge is 2.38. The third kappa shape index (κ3) is 1.86. The second-order valence-electron chi connectivity index (χ2n) is 3.11. The summed E-state index contributed by atoms with van der Waals surface area (Å²) in [5.74, 6) is -1.48. The minimum absolute atomic E-state index is 0.131. The molecule has 0 aliphatic heterocycles. The molecule has 0 saturated heterocycles. The molecule has 0 aromatic carbocycles. The minimum atomic E-state index is -0.622. The Morgan fingerprint density at radius 2 is 2.38 bits per heavy atom. The largest absolute Gasteiger partial charge is 0.468 e. The third-order valence-corrected chi connectivity index (χ3v) is 2.37. The lowest BCUT2D eigenvalue weighted by Crippen LogP contribution is -2.23. The van der Waals surface area contributed by atoms with E-state index in [4.69, 9.17) is 5.26 Å². The van der Waals surface area contributed by atoms with Gasteiger partial charge in [-0.05, 0) is 12.8 Å². The predicted octanol–water partition coefficient (Wildman–Crippen LogP) is 0.668. The first kappa shape index (κ1) is 9.72. The van der Waals surface area contributed by atoms with Gasteiger partial charge in [0.15, 0.2) is 5.78 Å². The molecule has 0 aromatic rings. The molecule has 0 spiro atoms. The van der Waals surface area contributed by atoms with Crippen LogP contribution in [0.4, 0.5) is 0 Å². The van der Waals surface area contributed by atoms with Crippen molar-refractivity contribution in [3.63, 3.8) is 0 Å². The molecule has 70 valence electrons. The molecule has 1 saturated carbocycles. The van der Waals surface area contributed by atoms with Gasteiger partial charge in [-0.25, -0.2) is 0 Å². The van der Waals surface area contributed by atoms with Crippen molar-refractivity contribution >= 4 is 11.8 Å². The Balaban J connectivity index is 2.61. The first-order valence-corrected chi connectivity index (χ1v) is 4.19. The number of carbonyl (C=O) groups is 2. The molecule has 2 atom stereocenters. The van der Waals surface area contributed by atoms with Crippen LogP contribution in [-0.4, -0.2) is 18.9 Å². The van der Waals surface area contributed by atoms with Gasteiger partial charge in [-0.2, -0.15) is 5.26 Å². The lowest BCUT2D eigenvalue weighted by Gasteiger charge is -2.05. The Morgan fingerprint density at radius 3 is 2.92 bits per heavy atom. The fourth-order valence-corrected chi connectivity index (χ4v) is 1.63. The van der Waals surface area contributed by atoms with E-state index in [1.165, 1.54) is 7.11 Å². The number of Topliss-reactive ketones (excluding diaryl/α,β-unsaturated/α-hetero) is 1. The number of nitrogens with zero attached hydrogens (tertiary/aromatic N) is 1. The zero-order valence-electron chi connectivity index (χ0n) is 7.45. The summed E-state index contributed by atoms with van der Waals surface area (Å²) in [5.41, 5.74) is 0. The second kappa shape index (κ2) is 4.04. The van der Waals surface area contributed by atoms with Crippen molar-refractivity contribution in [2.75, 3.05) is 7.11 Å². The number of hydrogen-bond donors (Lipinski definition) is 0. The normalized spacial score (nSPS) is 26.9. The molecule has 2 unspecified atom stereocenters. The highest BCUT2D eigenvalue weighted by molar-refractivity contribution is 6.01. The summed E-state index contributed by atoms with van der Waals surface area (Å²) < 4.78 is 4.49. The Labute approximate surface area is 76.5 Å². The summed E-state index contributed by atoms with van der Waals surface area (Å²) in [6, 6.07) is 1.94. The number of esters is 1. The van der Waals surface area contributed by atoms with Crippen LogP contribution >= 0.6 is 0 Å². The van der Waals surface area contributed by atoms with Gasteiger partial charge in [0.1, 0.15) is 5.92 Å². The summed E-state index contributed by atoms with van der Waals surface area (Å²) >= 11 is 0. The molecule has 4 nitrogen and oxygen atoms in total. The second-order valence-corrected chi connectivity index (χ2v) is 3.11. The summed E-state index contributed by atoms with van der Waals surface area (Å²) in [6.45, 7) is 0. The van der Waals surface area contributed by atoms with Gasteiger partial charge in [0.05, 0.1) is 13.2 Å². The minimum Gasteiger partial charge on any atom is -0.468 e. The molecule has 4 heteroatoms. The maximum Gasteiger partial charge on any atom is 0.316 e. The molecule has 0 aromatic heterocycles. The van der Waals surface area contributed by atoms with E-state index < -0.39 is 11.9 Å². The van der Waals surface area contributed by atoms with Gasteiger partial charge in [0.25, 0.3) is 0 Å². The number of ether oxygens (including phenoxy) is 1. The van der Waals surface area contributed by atoms with E-state index in [1.54, 1.807) is 0 Å². The number of carbonyl (C=O) groups excluding carboxylic acids is 2. The number of hydrogen-bond acceptors (Lipinski definition) is 4. The Kier molecular flexibility index (Phi) is 3.02. The Bertz CT molecular complexity index is 267. The van der Waals surface area contributed by atoms with Gasteiger partial charge in [-0.3, -0.25) is 9.59 Å². The topological polar surface area (TPSA) is 67.2 Å². The van der Waals surface area contributed by atoms with E-state index in [0.29, 0.717) is 12.8 Å². The van der Waals surface area contributed by atoms with E-state index in [1.807, 2.05) is 6.07 Å². The molecule has 1 aliphatic carbocycles. The predicted molar refractivity (Wildman–Crippen MR) is 43.5 cm³/mol. The first-order chi connectivity index (χ1) is 6.20. The van der Waals surface area contributed by atoms with Gasteiger partial charge in [0, 0.05) is 12.3 Å². The fourth-order valence-electron chi connectivity index (χ4n) is 1.63. The van der Waals surface area contributed by atoms with Crippen LogP contribution in [-0.2, 0) is 14.3 Å². The van der Waals surface area contributed by atoms with Crippen molar-refractivity contribution < 1.29 is 14.3 Å². The monoisotopic (exact) mass is 181 g/mol. The van der Waals surface area contributed by atoms with Gasteiger partial charge in [-0.15, -0.1) is 0 Å². The van der Waals surface area contributed by atoms with Crippen LogP contribution in [0, 0.1) is 23.2 Å². The summed E-state index contributed by atoms with van der Waals surface area (Å²) in [5, 5.41) is 8.41. The molecule has 1 fully saturated rings. The molecule has 0 radical (unpaired) electrons. The molecule has 0 bridgehead atoms. The molecule has 1 rings (SSSR count). The molecule has 13 heavy (non-hydrogen) atoms. The molecule has 1 aliphatic rings. The van der Waals surface area contributed by atoms with Crippen molar-refractivity contribution in [2.45, 2.75) is 19.3 Å². The van der Waals surface area contributed by atoms with Crippen LogP contribution in [0.2, 0.25) is 0 Å². The highest BCUT2D eigenvalue weighted by Crippen LogP contribution is 2.29. The molecule has 0 heterocycles. The third-order valence-electron chi connectivity index (χ3n) is 2.37. The smallest absolute Gasteiger partial charge is 0.316 e. The summed E-state index contributed by atoms with van der Waals surface area (Å²) in [6.07, 6.45) is 1.37. The zero-order chi connectivity index (χ0) is 9.84. The molecular weight excluding hydrogens is 170 g/mol. The zero-order valence-corrected chi connectivity index (χ0v) is 7.45. The Morgan fingerprint density at radius 1 is 1.69 bits per heavy atom. The van der Waals surface area contributed by atoms with Crippen LogP contribution < -0.4 is 0 Å². The maximum absolute atomic E-state index is 11.4. The quantitative estimate of drug-likeness (QED) is 0.463. The van der Waals surface area contributed by atoms with Crippen molar-refractivity contribution in [3.8, 4) is 6.07 Å². The van der Waals surface area contributed by atoms with Crippen LogP contribution in [0.1, 0.15) is 19.3 Å². The standard InChI is InChI=1S/C9H11NO3/c1-13-9(12)7-3-2-6(4-5-10)8(7)11/h6-7H,2-4H2,1H3. The van der Waals surface area contributed by atoms with E-state index in [9.17, 15) is 9.59 Å². The van der Waals surface area contributed by atoms with E-state index in [2.05, 4.69) is 4.74 Å². The van der Waals surface area contributed by atoms with E-state index in [-0.39, 0.29) is 18.1 Å². The van der Waals surface area contributed by atoms with E-state index in [0.717, 1.165) is 0 Å². The van der Waals surface area contributed by atoms with Crippen LogP contribution in [0.3, 0.4) is 0 Å². The lowest BCUT2D eigenvalue weighted by molar-refractivity contribution is -0.148. The van der Waals surface area contributed by atoms with E-state index >= 15 is 0 Å². The summed E-state index contributed by atoms with van der Waals surface area (Å²) in [7, 11) is 1.27. The number of rotatable bonds is 2. The number of methoxy groups -OCH3 is 1. The van der Waals surface area contributed by atoms with Gasteiger partial charge < -0.3 is 4.74 Å². The van der Waals surface area contributed by atoms with Crippen LogP contribution in [0.15, 0.2) is 0 Å². The van der Waals surface area contributed by atoms with Crippen LogP contribution in [0.25, 0.3) is 0 Å². The lowest BCUT2D eigenvalue weighted by atomic mass is 10.0. The maximum atomic E-state index is 11.4. The number of nitriles is 1. The fraction of sp³-hybridized carbons (Fsp3) is 0.667. The first-order valence-electron chi connectivity index (χ1n) is 4.19. The molecule has 0 N–H and O–H groups in total. The number of ketones is 1. The van der Waals surface area contributed by atoms with Gasteiger partial charge in [-0.1, -0.05) is 0 Å². The average molecular weight is 181 g/mol. The van der Waals surface area contributed by atoms with Crippen molar-refractivity contribution in [1.82, 2.24) is 0 Å². The van der Waals surface area contributed by atoms with Crippen LogP contribution in [0.5, 0.6) is 0 Å². The van der Waals surface area contributed by atoms with Gasteiger partial charge >= 0.3 is 5.97 Å². The summed E-state index contributed by atoms with van der Waals surface area (Å²) in [4.78, 5) is 22.5. The van der Waals surface area contributed by atoms with Crippen molar-refractivity contribution in [1.29, 1.82) is 5.26 Å². The van der Waals surface area contributed by atoms with Gasteiger partial charge in [0.2, 0.25) is 0 Å². The Hall–Kier alpha value is -1.37.